The Kier molecular flexibility index (Phi) is 6.96. The average molecular weight is 405 g/mol. The lowest BCUT2D eigenvalue weighted by atomic mass is 9.85. The van der Waals surface area contributed by atoms with Crippen LogP contribution >= 0.6 is 11.3 Å². The third kappa shape index (κ3) is 4.85. The summed E-state index contributed by atoms with van der Waals surface area (Å²) in [5.74, 6) is 1.58. The predicted molar refractivity (Wildman–Crippen MR) is 113 cm³/mol. The normalized spacial score (nSPS) is 20.8. The number of nitrogens with one attached hydrogen (secondary N) is 1. The van der Waals surface area contributed by atoms with Crippen LogP contribution in [0.15, 0.2) is 39.3 Å². The monoisotopic (exact) mass is 404 g/mol. The fraction of sp³-hybridized carbons (Fsp3) is 0.591. The van der Waals surface area contributed by atoms with Crippen molar-refractivity contribution in [1.82, 2.24) is 10.2 Å². The number of allylic oxidation sites excluding steroid dienone is 3. The Hall–Kier alpha value is -1.63. The molecule has 2 atom stereocenters. The van der Waals surface area contributed by atoms with E-state index in [1.807, 2.05) is 16.8 Å². The van der Waals surface area contributed by atoms with E-state index in [1.165, 1.54) is 16.7 Å². The topological polar surface area (TPSA) is 61.8 Å². The fourth-order valence-corrected chi connectivity index (χ4v) is 4.64. The highest BCUT2D eigenvalue weighted by molar-refractivity contribution is 7.08. The highest BCUT2D eigenvalue weighted by Gasteiger charge is 2.33. The number of amides is 1. The second-order valence-electron chi connectivity index (χ2n) is 8.08. The van der Waals surface area contributed by atoms with Gasteiger partial charge < -0.3 is 15.2 Å². The van der Waals surface area contributed by atoms with Gasteiger partial charge in [-0.05, 0) is 62.3 Å². The zero-order valence-corrected chi connectivity index (χ0v) is 18.1. The van der Waals surface area contributed by atoms with Crippen LogP contribution < -0.4 is 5.32 Å². The molecule has 0 radical (unpaired) electrons. The molecule has 1 fully saturated rings. The van der Waals surface area contributed by atoms with Crippen molar-refractivity contribution in [3.05, 3.63) is 44.9 Å². The maximum absolute atomic E-state index is 12.1. The number of rotatable bonds is 8. The first-order valence-electron chi connectivity index (χ1n) is 10.1. The first kappa shape index (κ1) is 21.1. The van der Waals surface area contributed by atoms with Gasteiger partial charge in [0.1, 0.15) is 6.61 Å². The number of aliphatic hydroxyl groups is 1. The number of nitrogens with zero attached hydrogens (tertiary/aromatic N) is 1. The van der Waals surface area contributed by atoms with E-state index in [9.17, 15) is 9.90 Å². The summed E-state index contributed by atoms with van der Waals surface area (Å²) in [6, 6.07) is 2.28. The summed E-state index contributed by atoms with van der Waals surface area (Å²) in [6.07, 6.45) is 1.47. The molecule has 1 aliphatic carbocycles. The molecule has 5 nitrogen and oxygen atoms in total. The molecule has 0 bridgehead atoms. The molecule has 1 unspecified atom stereocenters. The molecule has 3 rings (SSSR count). The van der Waals surface area contributed by atoms with E-state index >= 15 is 0 Å². The standard InChI is InChI=1S/C22H32N2O3S/c1-14(25)12-27-21-6-5-20(15(2)16(21)3)17(4)24-10-18(11-24)9-23-22(26)19-7-8-28-13-19/h7-8,13-14,17-18,25H,5-6,9-12H2,1-4H3,(H,23,26)/t14-,17?/m1/s1. The van der Waals surface area contributed by atoms with E-state index in [1.54, 1.807) is 18.3 Å². The van der Waals surface area contributed by atoms with Crippen LogP contribution in [0.2, 0.25) is 0 Å². The van der Waals surface area contributed by atoms with Gasteiger partial charge in [-0.25, -0.2) is 0 Å². The summed E-state index contributed by atoms with van der Waals surface area (Å²) in [5, 5.41) is 16.3. The van der Waals surface area contributed by atoms with Crippen LogP contribution in [-0.2, 0) is 4.74 Å². The van der Waals surface area contributed by atoms with Gasteiger partial charge in [-0.2, -0.15) is 11.3 Å². The summed E-state index contributed by atoms with van der Waals surface area (Å²) in [7, 11) is 0. The molecule has 0 aromatic carbocycles. The zero-order chi connectivity index (χ0) is 20.3. The first-order valence-corrected chi connectivity index (χ1v) is 11.1. The van der Waals surface area contributed by atoms with Crippen molar-refractivity contribution in [2.75, 3.05) is 26.2 Å². The minimum Gasteiger partial charge on any atom is -0.495 e. The number of thiophene rings is 1. The van der Waals surface area contributed by atoms with Gasteiger partial charge in [-0.3, -0.25) is 9.69 Å². The second-order valence-corrected chi connectivity index (χ2v) is 8.86. The Balaban J connectivity index is 1.50. The lowest BCUT2D eigenvalue weighted by Gasteiger charge is -2.45. The lowest BCUT2D eigenvalue weighted by molar-refractivity contribution is 0.0653. The Bertz CT molecular complexity index is 746. The van der Waals surface area contributed by atoms with Crippen molar-refractivity contribution in [2.24, 2.45) is 5.92 Å². The minimum absolute atomic E-state index is 0.0315. The Morgan fingerprint density at radius 3 is 2.71 bits per heavy atom. The van der Waals surface area contributed by atoms with E-state index in [2.05, 4.69) is 31.0 Å². The number of carbonyl (C=O) groups is 1. The molecule has 1 amide bonds. The van der Waals surface area contributed by atoms with Gasteiger partial charge in [0, 0.05) is 49.0 Å². The molecule has 28 heavy (non-hydrogen) atoms. The van der Waals surface area contributed by atoms with Gasteiger partial charge in [-0.1, -0.05) is 0 Å². The van der Waals surface area contributed by atoms with Gasteiger partial charge in [0.25, 0.3) is 5.91 Å². The van der Waals surface area contributed by atoms with Gasteiger partial charge in [0.05, 0.1) is 11.9 Å². The number of hydrogen-bond donors (Lipinski definition) is 2. The quantitative estimate of drug-likeness (QED) is 0.695. The second kappa shape index (κ2) is 9.25. The van der Waals surface area contributed by atoms with Crippen LogP contribution in [0.3, 0.4) is 0 Å². The number of ether oxygens (including phenoxy) is 1. The summed E-state index contributed by atoms with van der Waals surface area (Å²) < 4.78 is 5.80. The molecule has 1 aromatic rings. The Labute approximate surface area is 172 Å². The van der Waals surface area contributed by atoms with Crippen molar-refractivity contribution in [1.29, 1.82) is 0 Å². The SMILES string of the molecule is CC1=C(OC[C@@H](C)O)CCC(C(C)N2CC(CNC(=O)c3ccsc3)C2)=C1C. The first-order chi connectivity index (χ1) is 13.4. The summed E-state index contributed by atoms with van der Waals surface area (Å²) in [6.45, 7) is 11.5. The molecule has 1 saturated heterocycles. The van der Waals surface area contributed by atoms with E-state index in [0.29, 0.717) is 18.6 Å². The minimum atomic E-state index is -0.442. The number of hydrogen-bond acceptors (Lipinski definition) is 5. The summed E-state index contributed by atoms with van der Waals surface area (Å²) in [5.41, 5.74) is 4.79. The molecular weight excluding hydrogens is 372 g/mol. The van der Waals surface area contributed by atoms with Gasteiger partial charge in [0.15, 0.2) is 0 Å². The van der Waals surface area contributed by atoms with Crippen LogP contribution in [0.1, 0.15) is 50.9 Å². The molecule has 2 aliphatic rings. The number of aliphatic hydroxyl groups excluding tert-OH is 1. The highest BCUT2D eigenvalue weighted by Crippen LogP contribution is 2.35. The summed E-state index contributed by atoms with van der Waals surface area (Å²) in [4.78, 5) is 14.6. The molecule has 1 aromatic heterocycles. The van der Waals surface area contributed by atoms with Crippen molar-refractivity contribution in [3.8, 4) is 0 Å². The third-order valence-corrected chi connectivity index (χ3v) is 6.64. The lowest BCUT2D eigenvalue weighted by Crippen LogP contribution is -2.55. The van der Waals surface area contributed by atoms with E-state index < -0.39 is 6.10 Å². The molecule has 6 heteroatoms. The van der Waals surface area contributed by atoms with Crippen LogP contribution in [0, 0.1) is 5.92 Å². The van der Waals surface area contributed by atoms with E-state index in [4.69, 9.17) is 4.74 Å². The van der Waals surface area contributed by atoms with Crippen LogP contribution in [0.4, 0.5) is 0 Å². The predicted octanol–water partition coefficient (Wildman–Crippen LogP) is 3.58. The van der Waals surface area contributed by atoms with Gasteiger partial charge >= 0.3 is 0 Å². The molecule has 0 saturated carbocycles. The van der Waals surface area contributed by atoms with E-state index in [0.717, 1.165) is 43.8 Å². The highest BCUT2D eigenvalue weighted by atomic mass is 32.1. The number of carbonyl (C=O) groups excluding carboxylic acids is 1. The van der Waals surface area contributed by atoms with Gasteiger partial charge in [0.2, 0.25) is 0 Å². The molecular formula is C22H32N2O3S. The van der Waals surface area contributed by atoms with Crippen LogP contribution in [-0.4, -0.2) is 54.3 Å². The zero-order valence-electron chi connectivity index (χ0n) is 17.3. The van der Waals surface area contributed by atoms with Crippen molar-refractivity contribution >= 4 is 17.2 Å². The maximum Gasteiger partial charge on any atom is 0.252 e. The average Bonchev–Trinajstić information content (AvgIpc) is 3.16. The Morgan fingerprint density at radius 1 is 1.32 bits per heavy atom. The van der Waals surface area contributed by atoms with Crippen molar-refractivity contribution in [2.45, 2.75) is 52.7 Å². The fourth-order valence-electron chi connectivity index (χ4n) is 4.01. The van der Waals surface area contributed by atoms with Crippen LogP contribution in [0.25, 0.3) is 0 Å². The number of likely N-dealkylation sites (tertiary alicyclic amines) is 1. The smallest absolute Gasteiger partial charge is 0.252 e. The Morgan fingerprint density at radius 2 is 2.07 bits per heavy atom. The third-order valence-electron chi connectivity index (χ3n) is 5.95. The molecule has 154 valence electrons. The molecule has 1 aliphatic heterocycles. The molecule has 0 spiro atoms. The van der Waals surface area contributed by atoms with Gasteiger partial charge in [-0.15, -0.1) is 0 Å². The van der Waals surface area contributed by atoms with Crippen molar-refractivity contribution < 1.29 is 14.6 Å². The van der Waals surface area contributed by atoms with E-state index in [-0.39, 0.29) is 5.91 Å². The van der Waals surface area contributed by atoms with Crippen molar-refractivity contribution in [3.63, 3.8) is 0 Å². The molecule has 2 heterocycles. The van der Waals surface area contributed by atoms with Crippen LogP contribution in [0.5, 0.6) is 0 Å². The maximum atomic E-state index is 12.1. The largest absolute Gasteiger partial charge is 0.495 e. The molecule has 2 N–H and O–H groups in total. The summed E-state index contributed by atoms with van der Waals surface area (Å²) >= 11 is 1.55.